The molecule has 0 radical (unpaired) electrons. The zero-order chi connectivity index (χ0) is 33.4. The molecule has 3 unspecified atom stereocenters. The van der Waals surface area contributed by atoms with Crippen molar-refractivity contribution in [2.24, 2.45) is 0 Å². The first-order chi connectivity index (χ1) is 21.7. The van der Waals surface area contributed by atoms with Crippen LogP contribution >= 0.6 is 7.82 Å². The molecule has 0 rings (SSSR count). The van der Waals surface area contributed by atoms with Gasteiger partial charge in [0.2, 0.25) is 0 Å². The molecule has 0 aliphatic carbocycles. The fourth-order valence-electron chi connectivity index (χ4n) is 4.93. The molecule has 0 fully saturated rings. The van der Waals surface area contributed by atoms with Crippen molar-refractivity contribution < 1.29 is 47.8 Å². The lowest BCUT2D eigenvalue weighted by Gasteiger charge is -2.20. The standard InChI is InChI=1S/C34H67O10P/c1-3-5-7-9-11-13-14-15-16-18-19-21-23-25-33(37)41-29-32(30-43-45(39,40)42-28-31(36)27-35)44-34(38)26-24-22-20-17-12-10-8-6-4-2/h31-32,35-36H,3-30H2,1-2H3,(H,39,40). The average molecular weight is 667 g/mol. The molecule has 0 aliphatic heterocycles. The van der Waals surface area contributed by atoms with Crippen LogP contribution in [0.25, 0.3) is 0 Å². The molecule has 268 valence electrons. The molecule has 10 nitrogen and oxygen atoms in total. The van der Waals surface area contributed by atoms with Gasteiger partial charge in [0.25, 0.3) is 0 Å². The lowest BCUT2D eigenvalue weighted by molar-refractivity contribution is -0.161. The Hall–Kier alpha value is -1.03. The first-order valence-electron chi connectivity index (χ1n) is 18.0. The maximum Gasteiger partial charge on any atom is 0.472 e. The molecular weight excluding hydrogens is 599 g/mol. The zero-order valence-electron chi connectivity index (χ0n) is 28.6. The second kappa shape index (κ2) is 31.6. The van der Waals surface area contributed by atoms with Crippen LogP contribution in [0.2, 0.25) is 0 Å². The Labute approximate surface area is 273 Å². The molecule has 3 N–H and O–H groups in total. The van der Waals surface area contributed by atoms with E-state index >= 15 is 0 Å². The number of carbonyl (C=O) groups excluding carboxylic acids is 2. The molecule has 0 aliphatic rings. The number of unbranched alkanes of at least 4 members (excludes halogenated alkanes) is 20. The minimum atomic E-state index is -4.60. The van der Waals surface area contributed by atoms with Crippen molar-refractivity contribution in [2.45, 2.75) is 180 Å². The molecule has 45 heavy (non-hydrogen) atoms. The highest BCUT2D eigenvalue weighted by atomic mass is 31.2. The smallest absolute Gasteiger partial charge is 0.462 e. The highest BCUT2D eigenvalue weighted by Gasteiger charge is 2.27. The molecule has 0 saturated heterocycles. The van der Waals surface area contributed by atoms with E-state index in [1.54, 1.807) is 0 Å². The van der Waals surface area contributed by atoms with Crippen molar-refractivity contribution in [1.82, 2.24) is 0 Å². The van der Waals surface area contributed by atoms with Gasteiger partial charge in [0, 0.05) is 12.8 Å². The topological polar surface area (TPSA) is 149 Å². The van der Waals surface area contributed by atoms with Gasteiger partial charge >= 0.3 is 19.8 Å². The zero-order valence-corrected chi connectivity index (χ0v) is 29.5. The van der Waals surface area contributed by atoms with Gasteiger partial charge in [-0.25, -0.2) is 4.57 Å². The lowest BCUT2D eigenvalue weighted by atomic mass is 10.0. The Balaban J connectivity index is 4.35. The van der Waals surface area contributed by atoms with E-state index in [1.807, 2.05) is 0 Å². The normalized spacial score (nSPS) is 14.2. The molecule has 0 aromatic carbocycles. The fourth-order valence-corrected chi connectivity index (χ4v) is 5.72. The predicted molar refractivity (Wildman–Crippen MR) is 178 cm³/mol. The van der Waals surface area contributed by atoms with Gasteiger partial charge in [-0.3, -0.25) is 18.6 Å². The minimum absolute atomic E-state index is 0.190. The van der Waals surface area contributed by atoms with E-state index in [-0.39, 0.29) is 19.4 Å². The number of carbonyl (C=O) groups is 2. The molecule has 0 heterocycles. The largest absolute Gasteiger partial charge is 0.472 e. The molecule has 0 saturated carbocycles. The van der Waals surface area contributed by atoms with Crippen molar-refractivity contribution in [1.29, 1.82) is 0 Å². The number of ether oxygens (including phenoxy) is 2. The summed E-state index contributed by atoms with van der Waals surface area (Å²) in [5.41, 5.74) is 0. The highest BCUT2D eigenvalue weighted by Crippen LogP contribution is 2.43. The van der Waals surface area contributed by atoms with Crippen LogP contribution in [0.3, 0.4) is 0 Å². The third-order valence-electron chi connectivity index (χ3n) is 7.76. The second-order valence-electron chi connectivity index (χ2n) is 12.3. The molecule has 11 heteroatoms. The summed E-state index contributed by atoms with van der Waals surface area (Å²) in [5, 5.41) is 18.2. The summed E-state index contributed by atoms with van der Waals surface area (Å²) in [6.45, 7) is 2.35. The Bertz CT molecular complexity index is 736. The number of phosphoric acid groups is 1. The molecule has 0 aromatic rings. The maximum absolute atomic E-state index is 12.5. The SMILES string of the molecule is CCCCCCCCCCCCCCCC(=O)OCC(COP(=O)(O)OCC(O)CO)OC(=O)CCCCCCCCCCC. The number of phosphoric ester groups is 1. The summed E-state index contributed by atoms with van der Waals surface area (Å²) in [4.78, 5) is 34.6. The highest BCUT2D eigenvalue weighted by molar-refractivity contribution is 7.47. The number of rotatable bonds is 34. The van der Waals surface area contributed by atoms with Crippen molar-refractivity contribution in [3.05, 3.63) is 0 Å². The number of aliphatic hydroxyl groups is 2. The van der Waals surface area contributed by atoms with Crippen LogP contribution in [0, 0.1) is 0 Å². The van der Waals surface area contributed by atoms with Crippen LogP contribution in [-0.4, -0.2) is 65.7 Å². The predicted octanol–water partition coefficient (Wildman–Crippen LogP) is 8.33. The lowest BCUT2D eigenvalue weighted by Crippen LogP contribution is -2.29. The van der Waals surface area contributed by atoms with Crippen LogP contribution < -0.4 is 0 Å². The van der Waals surface area contributed by atoms with E-state index in [1.165, 1.54) is 89.9 Å². The summed E-state index contributed by atoms with van der Waals surface area (Å²) in [6.07, 6.45) is 23.7. The number of hydrogen-bond acceptors (Lipinski definition) is 9. The van der Waals surface area contributed by atoms with Crippen molar-refractivity contribution in [3.8, 4) is 0 Å². The molecule has 0 bridgehead atoms. The van der Waals surface area contributed by atoms with Crippen LogP contribution in [0.1, 0.15) is 168 Å². The first kappa shape index (κ1) is 44.0. The van der Waals surface area contributed by atoms with E-state index in [0.717, 1.165) is 38.5 Å². The van der Waals surface area contributed by atoms with E-state index in [0.29, 0.717) is 12.8 Å². The summed E-state index contributed by atoms with van der Waals surface area (Å²) in [5.74, 6) is -0.920. The summed E-state index contributed by atoms with van der Waals surface area (Å²) < 4.78 is 32.5. The van der Waals surface area contributed by atoms with E-state index in [4.69, 9.17) is 19.1 Å². The van der Waals surface area contributed by atoms with Crippen molar-refractivity contribution in [3.63, 3.8) is 0 Å². The third kappa shape index (κ3) is 31.3. The Morgan fingerprint density at radius 3 is 1.38 bits per heavy atom. The molecule has 0 spiro atoms. The van der Waals surface area contributed by atoms with Gasteiger partial charge < -0.3 is 24.6 Å². The molecule has 0 aromatic heterocycles. The van der Waals surface area contributed by atoms with Crippen LogP contribution in [0.5, 0.6) is 0 Å². The minimum Gasteiger partial charge on any atom is -0.462 e. The molecular formula is C34H67O10P. The van der Waals surface area contributed by atoms with Gasteiger partial charge in [-0.2, -0.15) is 0 Å². The van der Waals surface area contributed by atoms with Crippen LogP contribution in [0.4, 0.5) is 0 Å². The fraction of sp³-hybridized carbons (Fsp3) is 0.941. The Kier molecular flexibility index (Phi) is 30.8. The van der Waals surface area contributed by atoms with Gasteiger partial charge in [-0.15, -0.1) is 0 Å². The van der Waals surface area contributed by atoms with E-state index < -0.39 is 51.8 Å². The second-order valence-corrected chi connectivity index (χ2v) is 13.7. The van der Waals surface area contributed by atoms with Gasteiger partial charge in [-0.1, -0.05) is 142 Å². The van der Waals surface area contributed by atoms with E-state index in [2.05, 4.69) is 18.4 Å². The van der Waals surface area contributed by atoms with E-state index in [9.17, 15) is 24.2 Å². The third-order valence-corrected chi connectivity index (χ3v) is 8.71. The van der Waals surface area contributed by atoms with Gasteiger partial charge in [0.05, 0.1) is 19.8 Å². The Morgan fingerprint density at radius 2 is 0.956 bits per heavy atom. The summed E-state index contributed by atoms with van der Waals surface area (Å²) >= 11 is 0. The first-order valence-corrected chi connectivity index (χ1v) is 19.5. The van der Waals surface area contributed by atoms with Crippen molar-refractivity contribution in [2.75, 3.05) is 26.4 Å². The van der Waals surface area contributed by atoms with Crippen LogP contribution in [0.15, 0.2) is 0 Å². The quantitative estimate of drug-likeness (QED) is 0.0348. The number of hydrogen-bond donors (Lipinski definition) is 3. The summed E-state index contributed by atoms with van der Waals surface area (Å²) in [6, 6.07) is 0. The van der Waals surface area contributed by atoms with Gasteiger partial charge in [0.15, 0.2) is 6.10 Å². The maximum atomic E-state index is 12.5. The monoisotopic (exact) mass is 666 g/mol. The van der Waals surface area contributed by atoms with Crippen LogP contribution in [-0.2, 0) is 32.7 Å². The van der Waals surface area contributed by atoms with Crippen molar-refractivity contribution >= 4 is 19.8 Å². The van der Waals surface area contributed by atoms with Gasteiger partial charge in [-0.05, 0) is 12.8 Å². The molecule has 0 amide bonds. The van der Waals surface area contributed by atoms with Gasteiger partial charge in [0.1, 0.15) is 12.7 Å². The number of esters is 2. The molecule has 3 atom stereocenters. The summed E-state index contributed by atoms with van der Waals surface area (Å²) in [7, 11) is -4.60. The Morgan fingerprint density at radius 1 is 0.578 bits per heavy atom. The average Bonchev–Trinajstić information content (AvgIpc) is 3.02. The number of aliphatic hydroxyl groups excluding tert-OH is 2.